The smallest absolute Gasteiger partial charge is 0.175 e. The van der Waals surface area contributed by atoms with Crippen molar-refractivity contribution in [2.45, 2.75) is 17.4 Å². The normalized spacial score (nSPS) is 13.1. The molecule has 0 saturated heterocycles. The molecular weight excluding hydrogens is 272 g/mol. The van der Waals surface area contributed by atoms with Gasteiger partial charge in [-0.1, -0.05) is 12.1 Å². The van der Waals surface area contributed by atoms with Crippen molar-refractivity contribution in [3.63, 3.8) is 0 Å². The summed E-state index contributed by atoms with van der Waals surface area (Å²) in [6, 6.07) is 11.1. The standard InChI is InChI=1S/C15H18N2O2S/c1-16-15(10-12-6-8-17-9-7-12)13-4-3-5-14(11-13)20(2,18)19/h3-9,11,15-16H,10H2,1-2H3. The zero-order chi connectivity index (χ0) is 14.6. The van der Waals surface area contributed by atoms with Gasteiger partial charge in [-0.25, -0.2) is 8.42 Å². The molecule has 0 aliphatic carbocycles. The summed E-state index contributed by atoms with van der Waals surface area (Å²) in [5, 5.41) is 3.23. The van der Waals surface area contributed by atoms with E-state index in [-0.39, 0.29) is 6.04 Å². The molecule has 4 nitrogen and oxygen atoms in total. The third-order valence-electron chi connectivity index (χ3n) is 3.23. The zero-order valence-corrected chi connectivity index (χ0v) is 12.4. The molecular formula is C15H18N2O2S. The summed E-state index contributed by atoms with van der Waals surface area (Å²) >= 11 is 0. The minimum atomic E-state index is -3.18. The summed E-state index contributed by atoms with van der Waals surface area (Å²) < 4.78 is 23.3. The Bertz CT molecular complexity index is 669. The number of benzene rings is 1. The van der Waals surface area contributed by atoms with E-state index in [1.165, 1.54) is 6.26 Å². The minimum absolute atomic E-state index is 0.0686. The lowest BCUT2D eigenvalue weighted by atomic mass is 10.00. The molecule has 0 aliphatic heterocycles. The largest absolute Gasteiger partial charge is 0.313 e. The molecule has 0 radical (unpaired) electrons. The van der Waals surface area contributed by atoms with Crippen molar-refractivity contribution in [3.8, 4) is 0 Å². The fourth-order valence-electron chi connectivity index (χ4n) is 2.10. The Morgan fingerprint density at radius 1 is 1.20 bits per heavy atom. The Kier molecular flexibility index (Phi) is 4.52. The molecule has 5 heteroatoms. The lowest BCUT2D eigenvalue weighted by Gasteiger charge is -2.17. The monoisotopic (exact) mass is 290 g/mol. The van der Waals surface area contributed by atoms with E-state index in [1.54, 1.807) is 30.6 Å². The summed E-state index contributed by atoms with van der Waals surface area (Å²) in [4.78, 5) is 4.35. The maximum absolute atomic E-state index is 11.6. The average molecular weight is 290 g/mol. The van der Waals surface area contributed by atoms with Crippen LogP contribution in [0.15, 0.2) is 53.7 Å². The Morgan fingerprint density at radius 3 is 2.50 bits per heavy atom. The van der Waals surface area contributed by atoms with Crippen LogP contribution in [-0.2, 0) is 16.3 Å². The maximum Gasteiger partial charge on any atom is 0.175 e. The van der Waals surface area contributed by atoms with Gasteiger partial charge in [-0.2, -0.15) is 0 Å². The fraction of sp³-hybridized carbons (Fsp3) is 0.267. The number of nitrogens with zero attached hydrogens (tertiary/aromatic N) is 1. The third kappa shape index (κ3) is 3.65. The van der Waals surface area contributed by atoms with Gasteiger partial charge in [0.15, 0.2) is 9.84 Å². The molecule has 1 atom stereocenters. The number of nitrogens with one attached hydrogen (secondary N) is 1. The van der Waals surface area contributed by atoms with Gasteiger partial charge in [0, 0.05) is 24.7 Å². The predicted molar refractivity (Wildman–Crippen MR) is 79.3 cm³/mol. The molecule has 1 heterocycles. The van der Waals surface area contributed by atoms with Crippen molar-refractivity contribution in [1.29, 1.82) is 0 Å². The number of rotatable bonds is 5. The van der Waals surface area contributed by atoms with E-state index >= 15 is 0 Å². The summed E-state index contributed by atoms with van der Waals surface area (Å²) in [7, 11) is -1.30. The second-order valence-corrected chi connectivity index (χ2v) is 6.76. The van der Waals surface area contributed by atoms with Crippen LogP contribution in [0.2, 0.25) is 0 Å². The highest BCUT2D eigenvalue weighted by atomic mass is 32.2. The van der Waals surface area contributed by atoms with Crippen LogP contribution in [-0.4, -0.2) is 26.7 Å². The van der Waals surface area contributed by atoms with Crippen molar-refractivity contribution in [3.05, 3.63) is 59.9 Å². The highest BCUT2D eigenvalue weighted by Crippen LogP contribution is 2.21. The van der Waals surface area contributed by atoms with Gasteiger partial charge in [0.25, 0.3) is 0 Å². The molecule has 1 aromatic heterocycles. The molecule has 0 amide bonds. The first-order valence-corrected chi connectivity index (χ1v) is 8.26. The molecule has 106 valence electrons. The van der Waals surface area contributed by atoms with Crippen LogP contribution in [0, 0.1) is 0 Å². The van der Waals surface area contributed by atoms with E-state index < -0.39 is 9.84 Å². The van der Waals surface area contributed by atoms with Gasteiger partial charge in [0.2, 0.25) is 0 Å². The van der Waals surface area contributed by atoms with Gasteiger partial charge >= 0.3 is 0 Å². The Balaban J connectivity index is 2.28. The number of hydrogen-bond donors (Lipinski definition) is 1. The Labute approximate surface area is 119 Å². The number of likely N-dealkylation sites (N-methyl/N-ethyl adjacent to an activating group) is 1. The number of pyridine rings is 1. The second-order valence-electron chi connectivity index (χ2n) is 4.75. The van der Waals surface area contributed by atoms with Crippen LogP contribution in [0.4, 0.5) is 0 Å². The van der Waals surface area contributed by atoms with E-state index in [2.05, 4.69) is 10.3 Å². The van der Waals surface area contributed by atoms with Crippen LogP contribution in [0.25, 0.3) is 0 Å². The summed E-state index contributed by atoms with van der Waals surface area (Å²) in [5.41, 5.74) is 2.12. The van der Waals surface area contributed by atoms with E-state index in [0.29, 0.717) is 4.90 Å². The van der Waals surface area contributed by atoms with Crippen molar-refractivity contribution in [2.75, 3.05) is 13.3 Å². The number of sulfone groups is 1. The predicted octanol–water partition coefficient (Wildman–Crippen LogP) is 1.99. The maximum atomic E-state index is 11.6. The quantitative estimate of drug-likeness (QED) is 0.915. The topological polar surface area (TPSA) is 59.1 Å². The highest BCUT2D eigenvalue weighted by molar-refractivity contribution is 7.90. The highest BCUT2D eigenvalue weighted by Gasteiger charge is 2.13. The van der Waals surface area contributed by atoms with Crippen LogP contribution < -0.4 is 5.32 Å². The molecule has 2 rings (SSSR count). The number of aromatic nitrogens is 1. The molecule has 0 aliphatic rings. The first kappa shape index (κ1) is 14.7. The van der Waals surface area contributed by atoms with Crippen molar-refractivity contribution in [1.82, 2.24) is 10.3 Å². The van der Waals surface area contributed by atoms with E-state index in [1.807, 2.05) is 25.2 Å². The summed E-state index contributed by atoms with van der Waals surface area (Å²) in [5.74, 6) is 0. The molecule has 2 aromatic rings. The van der Waals surface area contributed by atoms with Crippen molar-refractivity contribution >= 4 is 9.84 Å². The second kappa shape index (κ2) is 6.15. The third-order valence-corrected chi connectivity index (χ3v) is 4.34. The zero-order valence-electron chi connectivity index (χ0n) is 11.6. The molecule has 0 fully saturated rings. The first-order chi connectivity index (χ1) is 9.50. The Hall–Kier alpha value is -1.72. The van der Waals surface area contributed by atoms with Crippen LogP contribution in [0.5, 0.6) is 0 Å². The average Bonchev–Trinajstić information content (AvgIpc) is 2.45. The van der Waals surface area contributed by atoms with E-state index in [9.17, 15) is 8.42 Å². The van der Waals surface area contributed by atoms with Crippen LogP contribution in [0.1, 0.15) is 17.2 Å². The SMILES string of the molecule is CNC(Cc1ccncc1)c1cccc(S(C)(=O)=O)c1. The Morgan fingerprint density at radius 2 is 1.90 bits per heavy atom. The van der Waals surface area contributed by atoms with Crippen molar-refractivity contribution in [2.24, 2.45) is 0 Å². The van der Waals surface area contributed by atoms with Gasteiger partial charge in [-0.05, 0) is 48.9 Å². The molecule has 1 unspecified atom stereocenters. The lowest BCUT2D eigenvalue weighted by Crippen LogP contribution is -2.19. The minimum Gasteiger partial charge on any atom is -0.313 e. The van der Waals surface area contributed by atoms with Gasteiger partial charge < -0.3 is 5.32 Å². The molecule has 0 bridgehead atoms. The summed E-state index contributed by atoms with van der Waals surface area (Å²) in [6.45, 7) is 0. The molecule has 1 aromatic carbocycles. The number of hydrogen-bond acceptors (Lipinski definition) is 4. The van der Waals surface area contributed by atoms with Gasteiger partial charge in [-0.3, -0.25) is 4.98 Å². The molecule has 0 spiro atoms. The lowest BCUT2D eigenvalue weighted by molar-refractivity contribution is 0.587. The molecule has 20 heavy (non-hydrogen) atoms. The van der Waals surface area contributed by atoms with Crippen molar-refractivity contribution < 1.29 is 8.42 Å². The van der Waals surface area contributed by atoms with E-state index in [0.717, 1.165) is 17.5 Å². The fourth-order valence-corrected chi connectivity index (χ4v) is 2.78. The first-order valence-electron chi connectivity index (χ1n) is 6.37. The van der Waals surface area contributed by atoms with Gasteiger partial charge in [0.05, 0.1) is 4.90 Å². The van der Waals surface area contributed by atoms with E-state index in [4.69, 9.17) is 0 Å². The van der Waals surface area contributed by atoms with Crippen LogP contribution in [0.3, 0.4) is 0 Å². The van der Waals surface area contributed by atoms with Gasteiger partial charge in [-0.15, -0.1) is 0 Å². The summed E-state index contributed by atoms with van der Waals surface area (Å²) in [6.07, 6.45) is 5.53. The van der Waals surface area contributed by atoms with Gasteiger partial charge in [0.1, 0.15) is 0 Å². The van der Waals surface area contributed by atoms with Crippen LogP contribution >= 0.6 is 0 Å². The molecule has 1 N–H and O–H groups in total. The molecule has 0 saturated carbocycles.